The Bertz CT molecular complexity index is 1070. The number of hydrogen-bond acceptors (Lipinski definition) is 4. The van der Waals surface area contributed by atoms with E-state index in [0.717, 1.165) is 11.1 Å². The molecule has 0 aliphatic carbocycles. The van der Waals surface area contributed by atoms with Crippen molar-refractivity contribution in [2.45, 2.75) is 19.9 Å². The molecule has 0 aliphatic heterocycles. The van der Waals surface area contributed by atoms with Crippen LogP contribution in [-0.4, -0.2) is 18.5 Å². The van der Waals surface area contributed by atoms with E-state index in [0.29, 0.717) is 40.1 Å². The molecule has 2 N–H and O–H groups in total. The van der Waals surface area contributed by atoms with E-state index in [9.17, 15) is 9.59 Å². The molecule has 3 aromatic carbocycles. The second-order valence-electron chi connectivity index (χ2n) is 6.77. The van der Waals surface area contributed by atoms with E-state index in [-0.39, 0.29) is 18.3 Å². The molecule has 1 amide bonds. The first-order chi connectivity index (χ1) is 15.0. The van der Waals surface area contributed by atoms with Crippen LogP contribution in [0.25, 0.3) is 0 Å². The average Bonchev–Trinajstić information content (AvgIpc) is 2.75. The van der Waals surface area contributed by atoms with E-state index in [1.165, 1.54) is 0 Å². The van der Waals surface area contributed by atoms with Gasteiger partial charge in [0, 0.05) is 28.0 Å². The highest BCUT2D eigenvalue weighted by Gasteiger charge is 2.13. The van der Waals surface area contributed by atoms with Crippen LogP contribution in [0.1, 0.15) is 28.4 Å². The second kappa shape index (κ2) is 10.8. The van der Waals surface area contributed by atoms with Crippen molar-refractivity contribution in [2.24, 2.45) is 0 Å². The van der Waals surface area contributed by atoms with Gasteiger partial charge in [-0.25, -0.2) is 0 Å². The summed E-state index contributed by atoms with van der Waals surface area (Å²) in [5.74, 6) is -0.588. The minimum Gasteiger partial charge on any atom is -0.466 e. The Morgan fingerprint density at radius 3 is 2.42 bits per heavy atom. The first-order valence-electron chi connectivity index (χ1n) is 9.79. The largest absolute Gasteiger partial charge is 0.466 e. The molecule has 7 heteroatoms. The minimum atomic E-state index is -0.303. The Morgan fingerprint density at radius 1 is 0.968 bits per heavy atom. The number of rotatable bonds is 8. The molecule has 0 radical (unpaired) electrons. The lowest BCUT2D eigenvalue weighted by atomic mass is 10.1. The van der Waals surface area contributed by atoms with Crippen molar-refractivity contribution in [3.8, 4) is 0 Å². The van der Waals surface area contributed by atoms with Crippen molar-refractivity contribution >= 4 is 46.5 Å². The summed E-state index contributed by atoms with van der Waals surface area (Å²) in [5.41, 5.74) is 3.38. The number of carbonyl (C=O) groups excluding carboxylic acids is 2. The van der Waals surface area contributed by atoms with Gasteiger partial charge in [-0.3, -0.25) is 9.59 Å². The highest BCUT2D eigenvalue weighted by atomic mass is 35.5. The smallest absolute Gasteiger partial charge is 0.310 e. The Kier molecular flexibility index (Phi) is 7.93. The van der Waals surface area contributed by atoms with Crippen molar-refractivity contribution in [3.63, 3.8) is 0 Å². The molecule has 31 heavy (non-hydrogen) atoms. The number of ether oxygens (including phenoxy) is 1. The molecule has 5 nitrogen and oxygen atoms in total. The van der Waals surface area contributed by atoms with Gasteiger partial charge in [0.25, 0.3) is 5.91 Å². The molecular weight excluding hydrogens is 435 g/mol. The molecule has 160 valence electrons. The number of halogens is 2. The third-order valence-corrected chi connectivity index (χ3v) is 5.12. The highest BCUT2D eigenvalue weighted by Crippen LogP contribution is 2.24. The Morgan fingerprint density at radius 2 is 1.71 bits per heavy atom. The first-order valence-corrected chi connectivity index (χ1v) is 10.5. The molecule has 0 fully saturated rings. The summed E-state index contributed by atoms with van der Waals surface area (Å²) in [6, 6.07) is 19.6. The van der Waals surface area contributed by atoms with Crippen LogP contribution in [0.5, 0.6) is 0 Å². The van der Waals surface area contributed by atoms with Gasteiger partial charge in [-0.1, -0.05) is 53.5 Å². The summed E-state index contributed by atoms with van der Waals surface area (Å²) >= 11 is 12.3. The Balaban J connectivity index is 1.70. The number of nitrogens with one attached hydrogen (secondary N) is 2. The summed E-state index contributed by atoms with van der Waals surface area (Å²) in [5, 5.41) is 7.22. The van der Waals surface area contributed by atoms with E-state index in [1.54, 1.807) is 49.4 Å². The van der Waals surface area contributed by atoms with E-state index >= 15 is 0 Å². The number of benzene rings is 3. The van der Waals surface area contributed by atoms with E-state index in [2.05, 4.69) is 10.6 Å². The fourth-order valence-electron chi connectivity index (χ4n) is 2.97. The molecular formula is C24H22Cl2N2O3. The molecule has 0 saturated heterocycles. The zero-order chi connectivity index (χ0) is 22.2. The zero-order valence-electron chi connectivity index (χ0n) is 17.0. The van der Waals surface area contributed by atoms with Gasteiger partial charge in [-0.05, 0) is 54.4 Å². The monoisotopic (exact) mass is 456 g/mol. The summed E-state index contributed by atoms with van der Waals surface area (Å²) in [7, 11) is 0. The Hall–Kier alpha value is -3.02. The molecule has 0 atom stereocenters. The van der Waals surface area contributed by atoms with Crippen LogP contribution in [0, 0.1) is 0 Å². The van der Waals surface area contributed by atoms with Crippen molar-refractivity contribution in [3.05, 3.63) is 93.5 Å². The number of amides is 1. The average molecular weight is 457 g/mol. The summed E-state index contributed by atoms with van der Waals surface area (Å²) in [6.45, 7) is 2.58. The summed E-state index contributed by atoms with van der Waals surface area (Å²) in [4.78, 5) is 24.5. The SMILES string of the molecule is CCOC(=O)Cc1ccc(NC(=O)c2cc(Cl)ccc2NCc2ccccc2Cl)cc1. The fraction of sp³-hybridized carbons (Fsp3) is 0.167. The first kappa shape index (κ1) is 22.7. The van der Waals surface area contributed by atoms with Gasteiger partial charge in [0.2, 0.25) is 0 Å². The molecule has 0 aliphatic rings. The molecule has 0 spiro atoms. The van der Waals surface area contributed by atoms with Crippen LogP contribution in [0.4, 0.5) is 11.4 Å². The maximum atomic E-state index is 12.9. The number of hydrogen-bond donors (Lipinski definition) is 2. The quantitative estimate of drug-likeness (QED) is 0.410. The summed E-state index contributed by atoms with van der Waals surface area (Å²) in [6.07, 6.45) is 0.187. The van der Waals surface area contributed by atoms with Gasteiger partial charge in [-0.2, -0.15) is 0 Å². The predicted molar refractivity (Wildman–Crippen MR) is 125 cm³/mol. The van der Waals surface area contributed by atoms with Gasteiger partial charge in [-0.15, -0.1) is 0 Å². The van der Waals surface area contributed by atoms with Crippen molar-refractivity contribution in [2.75, 3.05) is 17.2 Å². The van der Waals surface area contributed by atoms with Crippen molar-refractivity contribution < 1.29 is 14.3 Å². The van der Waals surface area contributed by atoms with Crippen LogP contribution in [0.3, 0.4) is 0 Å². The second-order valence-corrected chi connectivity index (χ2v) is 7.61. The zero-order valence-corrected chi connectivity index (χ0v) is 18.5. The molecule has 3 aromatic rings. The van der Waals surface area contributed by atoms with Crippen LogP contribution in [0.2, 0.25) is 10.0 Å². The maximum Gasteiger partial charge on any atom is 0.310 e. The van der Waals surface area contributed by atoms with Crippen LogP contribution < -0.4 is 10.6 Å². The van der Waals surface area contributed by atoms with Crippen molar-refractivity contribution in [1.29, 1.82) is 0 Å². The molecule has 0 heterocycles. The van der Waals surface area contributed by atoms with Gasteiger partial charge in [0.1, 0.15) is 0 Å². The normalized spacial score (nSPS) is 10.4. The van der Waals surface area contributed by atoms with E-state index in [4.69, 9.17) is 27.9 Å². The lowest BCUT2D eigenvalue weighted by molar-refractivity contribution is -0.142. The maximum absolute atomic E-state index is 12.9. The standard InChI is InChI=1S/C24H22Cl2N2O3/c1-2-31-23(29)13-16-7-10-19(11-8-16)28-24(30)20-14-18(25)9-12-22(20)27-15-17-5-3-4-6-21(17)26/h3-12,14,27H,2,13,15H2,1H3,(H,28,30). The number of esters is 1. The molecule has 3 rings (SSSR count). The number of anilines is 2. The lowest BCUT2D eigenvalue weighted by Crippen LogP contribution is -2.15. The van der Waals surface area contributed by atoms with Gasteiger partial charge >= 0.3 is 5.97 Å². The molecule has 0 saturated carbocycles. The molecule has 0 unspecified atom stereocenters. The van der Waals surface area contributed by atoms with Crippen LogP contribution in [-0.2, 0) is 22.5 Å². The van der Waals surface area contributed by atoms with E-state index in [1.807, 2.05) is 24.3 Å². The van der Waals surface area contributed by atoms with Gasteiger partial charge < -0.3 is 15.4 Å². The molecule has 0 bridgehead atoms. The third-order valence-electron chi connectivity index (χ3n) is 4.52. The Labute approximate surface area is 191 Å². The van der Waals surface area contributed by atoms with Crippen LogP contribution in [0.15, 0.2) is 66.7 Å². The number of carbonyl (C=O) groups is 2. The fourth-order valence-corrected chi connectivity index (χ4v) is 3.35. The topological polar surface area (TPSA) is 67.4 Å². The predicted octanol–water partition coefficient (Wildman–Crippen LogP) is 5.96. The van der Waals surface area contributed by atoms with E-state index < -0.39 is 0 Å². The summed E-state index contributed by atoms with van der Waals surface area (Å²) < 4.78 is 4.95. The third kappa shape index (κ3) is 6.48. The van der Waals surface area contributed by atoms with Gasteiger partial charge in [0.15, 0.2) is 0 Å². The molecule has 0 aromatic heterocycles. The van der Waals surface area contributed by atoms with Crippen molar-refractivity contribution in [1.82, 2.24) is 0 Å². The lowest BCUT2D eigenvalue weighted by Gasteiger charge is -2.14. The van der Waals surface area contributed by atoms with Gasteiger partial charge in [0.05, 0.1) is 18.6 Å². The van der Waals surface area contributed by atoms with Crippen LogP contribution >= 0.6 is 23.2 Å². The highest BCUT2D eigenvalue weighted by molar-refractivity contribution is 6.31. The minimum absolute atomic E-state index is 0.187.